The summed E-state index contributed by atoms with van der Waals surface area (Å²) in [5, 5.41) is 6.87. The van der Waals surface area contributed by atoms with E-state index < -0.39 is 17.9 Å². The fourth-order valence-electron chi connectivity index (χ4n) is 1.66. The number of amides is 1. The molecule has 1 aromatic heterocycles. The lowest BCUT2D eigenvalue weighted by Gasteiger charge is -2.10. The molecular weight excluding hydrogens is 248 g/mol. The highest BCUT2D eigenvalue weighted by atomic mass is 16.5. The van der Waals surface area contributed by atoms with Crippen molar-refractivity contribution in [2.75, 3.05) is 6.61 Å². The molecule has 0 radical (unpaired) electrons. The molecule has 0 spiro atoms. The van der Waals surface area contributed by atoms with E-state index >= 15 is 0 Å². The van der Waals surface area contributed by atoms with Gasteiger partial charge in [-0.1, -0.05) is 6.92 Å². The van der Waals surface area contributed by atoms with Crippen LogP contribution < -0.4 is 11.1 Å². The number of carbonyl (C=O) groups is 2. The number of nitrogens with zero attached hydrogens (tertiary/aromatic N) is 2. The van der Waals surface area contributed by atoms with Gasteiger partial charge in [0.25, 0.3) is 0 Å². The molecule has 1 amide bonds. The molecule has 19 heavy (non-hydrogen) atoms. The SMILES string of the molecule is CCOC(=O)C(N)C(=O)NCc1cn(C)nc1CC. The van der Waals surface area contributed by atoms with Crippen LogP contribution in [-0.4, -0.2) is 34.3 Å². The average Bonchev–Trinajstić information content (AvgIpc) is 2.75. The molecule has 1 atom stereocenters. The Bertz CT molecular complexity index is 456. The Kier molecular flexibility index (Phi) is 5.50. The Morgan fingerprint density at radius 1 is 1.53 bits per heavy atom. The van der Waals surface area contributed by atoms with Crippen molar-refractivity contribution in [1.29, 1.82) is 0 Å². The predicted molar refractivity (Wildman–Crippen MR) is 69.0 cm³/mol. The van der Waals surface area contributed by atoms with Crippen LogP contribution in [-0.2, 0) is 34.3 Å². The van der Waals surface area contributed by atoms with Gasteiger partial charge in [0.1, 0.15) is 0 Å². The molecule has 1 aromatic rings. The standard InChI is InChI=1S/C12H20N4O3/c1-4-9-8(7-16(3)15-9)6-14-11(17)10(13)12(18)19-5-2/h7,10H,4-6,13H2,1-3H3,(H,14,17). The Balaban J connectivity index is 2.56. The third-order valence-corrected chi connectivity index (χ3v) is 2.60. The van der Waals surface area contributed by atoms with Gasteiger partial charge in [0.2, 0.25) is 5.91 Å². The van der Waals surface area contributed by atoms with Crippen LogP contribution >= 0.6 is 0 Å². The second-order valence-electron chi connectivity index (χ2n) is 4.08. The number of aromatic nitrogens is 2. The minimum atomic E-state index is -1.29. The molecule has 3 N–H and O–H groups in total. The van der Waals surface area contributed by atoms with Crippen LogP contribution in [0, 0.1) is 0 Å². The van der Waals surface area contributed by atoms with Gasteiger partial charge < -0.3 is 15.8 Å². The zero-order valence-electron chi connectivity index (χ0n) is 11.5. The van der Waals surface area contributed by atoms with Crippen LogP contribution in [0.5, 0.6) is 0 Å². The van der Waals surface area contributed by atoms with E-state index in [2.05, 4.69) is 15.2 Å². The van der Waals surface area contributed by atoms with Crippen molar-refractivity contribution in [3.8, 4) is 0 Å². The van der Waals surface area contributed by atoms with E-state index in [4.69, 9.17) is 5.73 Å². The Morgan fingerprint density at radius 3 is 2.79 bits per heavy atom. The first kappa shape index (κ1) is 15.2. The number of nitrogens with one attached hydrogen (secondary N) is 1. The van der Waals surface area contributed by atoms with Crippen molar-refractivity contribution in [3.63, 3.8) is 0 Å². The van der Waals surface area contributed by atoms with Gasteiger partial charge in [0, 0.05) is 25.4 Å². The smallest absolute Gasteiger partial charge is 0.332 e. The second kappa shape index (κ2) is 6.89. The summed E-state index contributed by atoms with van der Waals surface area (Å²) in [7, 11) is 1.81. The maximum Gasteiger partial charge on any atom is 0.332 e. The van der Waals surface area contributed by atoms with Crippen molar-refractivity contribution in [3.05, 3.63) is 17.5 Å². The maximum absolute atomic E-state index is 11.7. The van der Waals surface area contributed by atoms with Gasteiger partial charge in [-0.15, -0.1) is 0 Å². The molecule has 0 saturated heterocycles. The largest absolute Gasteiger partial charge is 0.464 e. The highest BCUT2D eigenvalue weighted by molar-refractivity contribution is 6.01. The molecule has 7 nitrogen and oxygen atoms in total. The molecule has 0 aliphatic carbocycles. The minimum Gasteiger partial charge on any atom is -0.464 e. The Morgan fingerprint density at radius 2 is 2.21 bits per heavy atom. The lowest BCUT2D eigenvalue weighted by Crippen LogP contribution is -2.46. The monoisotopic (exact) mass is 268 g/mol. The van der Waals surface area contributed by atoms with E-state index in [0.717, 1.165) is 17.7 Å². The van der Waals surface area contributed by atoms with Crippen molar-refractivity contribution in [2.24, 2.45) is 12.8 Å². The van der Waals surface area contributed by atoms with Crippen LogP contribution in [0.2, 0.25) is 0 Å². The molecule has 7 heteroatoms. The van der Waals surface area contributed by atoms with Crippen LogP contribution in [0.15, 0.2) is 6.20 Å². The van der Waals surface area contributed by atoms with Crippen molar-refractivity contribution >= 4 is 11.9 Å². The van der Waals surface area contributed by atoms with Gasteiger partial charge in [-0.05, 0) is 13.3 Å². The summed E-state index contributed by atoms with van der Waals surface area (Å²) in [5.41, 5.74) is 7.30. The Hall–Kier alpha value is -1.89. The summed E-state index contributed by atoms with van der Waals surface area (Å²) < 4.78 is 6.37. The first-order chi connectivity index (χ1) is 8.99. The lowest BCUT2D eigenvalue weighted by molar-refractivity contribution is -0.148. The molecule has 1 rings (SSSR count). The highest BCUT2D eigenvalue weighted by Crippen LogP contribution is 2.06. The average molecular weight is 268 g/mol. The van der Waals surface area contributed by atoms with Crippen LogP contribution in [0.3, 0.4) is 0 Å². The third-order valence-electron chi connectivity index (χ3n) is 2.60. The van der Waals surface area contributed by atoms with Gasteiger partial charge in [-0.25, -0.2) is 4.79 Å². The topological polar surface area (TPSA) is 99.2 Å². The van der Waals surface area contributed by atoms with Gasteiger partial charge in [-0.3, -0.25) is 9.48 Å². The summed E-state index contributed by atoms with van der Waals surface area (Å²) in [6, 6.07) is -1.29. The minimum absolute atomic E-state index is 0.197. The number of hydrogen-bond donors (Lipinski definition) is 2. The summed E-state index contributed by atoms with van der Waals surface area (Å²) >= 11 is 0. The number of carbonyl (C=O) groups excluding carboxylic acids is 2. The molecule has 0 bridgehead atoms. The van der Waals surface area contributed by atoms with E-state index in [1.807, 2.05) is 20.2 Å². The number of ether oxygens (including phenoxy) is 1. The fourth-order valence-corrected chi connectivity index (χ4v) is 1.66. The molecular formula is C12H20N4O3. The van der Waals surface area contributed by atoms with Gasteiger partial charge in [0.15, 0.2) is 6.04 Å². The number of hydrogen-bond acceptors (Lipinski definition) is 5. The molecule has 0 aliphatic heterocycles. The van der Waals surface area contributed by atoms with Crippen LogP contribution in [0.4, 0.5) is 0 Å². The molecule has 0 aromatic carbocycles. The van der Waals surface area contributed by atoms with Crippen molar-refractivity contribution in [2.45, 2.75) is 32.9 Å². The normalized spacial score (nSPS) is 12.0. The molecule has 0 fully saturated rings. The van der Waals surface area contributed by atoms with Crippen molar-refractivity contribution < 1.29 is 14.3 Å². The molecule has 106 valence electrons. The summed E-state index contributed by atoms with van der Waals surface area (Å²) in [6.45, 7) is 4.13. The molecule has 0 aliphatic rings. The zero-order chi connectivity index (χ0) is 14.4. The van der Waals surface area contributed by atoms with Gasteiger partial charge in [-0.2, -0.15) is 5.10 Å². The van der Waals surface area contributed by atoms with Crippen LogP contribution in [0.25, 0.3) is 0 Å². The van der Waals surface area contributed by atoms with E-state index in [-0.39, 0.29) is 6.61 Å². The summed E-state index contributed by atoms with van der Waals surface area (Å²) in [4.78, 5) is 23.0. The highest BCUT2D eigenvalue weighted by Gasteiger charge is 2.23. The quantitative estimate of drug-likeness (QED) is 0.534. The van der Waals surface area contributed by atoms with E-state index in [1.54, 1.807) is 11.6 Å². The van der Waals surface area contributed by atoms with Crippen molar-refractivity contribution in [1.82, 2.24) is 15.1 Å². The number of esters is 1. The summed E-state index contributed by atoms with van der Waals surface area (Å²) in [6.07, 6.45) is 2.60. The Labute approximate surface area is 112 Å². The molecule has 1 heterocycles. The summed E-state index contributed by atoms with van der Waals surface area (Å²) in [5.74, 6) is -1.27. The second-order valence-corrected chi connectivity index (χ2v) is 4.08. The van der Waals surface area contributed by atoms with Crippen LogP contribution in [0.1, 0.15) is 25.1 Å². The van der Waals surface area contributed by atoms with Gasteiger partial charge in [0.05, 0.1) is 12.3 Å². The van der Waals surface area contributed by atoms with Gasteiger partial charge >= 0.3 is 5.97 Å². The predicted octanol–water partition coefficient (Wildman–Crippen LogP) is -0.511. The fraction of sp³-hybridized carbons (Fsp3) is 0.583. The number of nitrogens with two attached hydrogens (primary N) is 1. The lowest BCUT2D eigenvalue weighted by atomic mass is 10.2. The number of aryl methyl sites for hydroxylation is 2. The van der Waals surface area contributed by atoms with E-state index in [1.165, 1.54) is 0 Å². The molecule has 0 saturated carbocycles. The van der Waals surface area contributed by atoms with E-state index in [9.17, 15) is 9.59 Å². The zero-order valence-corrected chi connectivity index (χ0v) is 11.5. The third kappa shape index (κ3) is 4.06. The number of rotatable bonds is 6. The molecule has 1 unspecified atom stereocenters. The first-order valence-corrected chi connectivity index (χ1v) is 6.20. The maximum atomic E-state index is 11.7. The van der Waals surface area contributed by atoms with E-state index in [0.29, 0.717) is 6.54 Å². The first-order valence-electron chi connectivity index (χ1n) is 6.20.